The van der Waals surface area contributed by atoms with Gasteiger partial charge in [0.15, 0.2) is 17.5 Å². The lowest BCUT2D eigenvalue weighted by molar-refractivity contribution is -0.120. The molecule has 142 valence electrons. The number of hydrogen-bond acceptors (Lipinski definition) is 4. The van der Waals surface area contributed by atoms with E-state index in [1.165, 1.54) is 31.4 Å². The molecular formula is C18H15F3N2O4. The van der Waals surface area contributed by atoms with E-state index in [1.807, 2.05) is 0 Å². The molecule has 0 radical (unpaired) electrons. The van der Waals surface area contributed by atoms with E-state index in [4.69, 9.17) is 0 Å². The van der Waals surface area contributed by atoms with Crippen molar-refractivity contribution < 1.29 is 32.3 Å². The second-order valence-corrected chi connectivity index (χ2v) is 5.42. The molecule has 0 atom stereocenters. The van der Waals surface area contributed by atoms with Gasteiger partial charge in [-0.15, -0.1) is 0 Å². The topological polar surface area (TPSA) is 75.7 Å². The van der Waals surface area contributed by atoms with Gasteiger partial charge in [0.2, 0.25) is 11.8 Å². The number of rotatable bonds is 5. The summed E-state index contributed by atoms with van der Waals surface area (Å²) in [4.78, 5) is 36.1. The number of methoxy groups -OCH3 is 1. The number of carbonyl (C=O) groups excluding carboxylic acids is 3. The lowest BCUT2D eigenvalue weighted by atomic mass is 10.2. The Morgan fingerprint density at radius 3 is 2.41 bits per heavy atom. The van der Waals surface area contributed by atoms with Crippen LogP contribution in [0.4, 0.5) is 24.5 Å². The first-order valence-corrected chi connectivity index (χ1v) is 7.64. The second kappa shape index (κ2) is 8.35. The van der Waals surface area contributed by atoms with Crippen LogP contribution in [0.15, 0.2) is 36.4 Å². The number of halogens is 3. The number of esters is 1. The molecule has 0 saturated heterocycles. The molecule has 0 saturated carbocycles. The highest BCUT2D eigenvalue weighted by molar-refractivity contribution is 6.02. The third-order valence-corrected chi connectivity index (χ3v) is 3.55. The number of nitrogens with zero attached hydrogens (tertiary/aromatic N) is 1. The fraction of sp³-hybridized carbons (Fsp3) is 0.167. The zero-order chi connectivity index (χ0) is 20.1. The highest BCUT2D eigenvalue weighted by Gasteiger charge is 2.23. The van der Waals surface area contributed by atoms with Crippen LogP contribution in [0.2, 0.25) is 0 Å². The highest BCUT2D eigenvalue weighted by atomic mass is 19.2. The number of nitrogens with one attached hydrogen (secondary N) is 1. The number of ether oxygens (including phenoxy) is 1. The van der Waals surface area contributed by atoms with Crippen LogP contribution in [0.3, 0.4) is 0 Å². The molecule has 0 spiro atoms. The molecule has 0 aliphatic rings. The molecule has 27 heavy (non-hydrogen) atoms. The molecule has 1 N–H and O–H groups in total. The molecule has 2 aromatic carbocycles. The van der Waals surface area contributed by atoms with Gasteiger partial charge in [0.25, 0.3) is 0 Å². The highest BCUT2D eigenvalue weighted by Crippen LogP contribution is 2.24. The average Bonchev–Trinajstić information content (AvgIpc) is 2.64. The maximum absolute atomic E-state index is 13.9. The van der Waals surface area contributed by atoms with Gasteiger partial charge in [-0.1, -0.05) is 6.07 Å². The fourth-order valence-electron chi connectivity index (χ4n) is 2.28. The van der Waals surface area contributed by atoms with Crippen molar-refractivity contribution in [3.8, 4) is 0 Å². The van der Waals surface area contributed by atoms with Crippen LogP contribution in [0, 0.1) is 17.5 Å². The van der Waals surface area contributed by atoms with Crippen molar-refractivity contribution >= 4 is 29.2 Å². The summed E-state index contributed by atoms with van der Waals surface area (Å²) in [6.45, 7) is 0.394. The number of amides is 2. The molecule has 2 amide bonds. The molecule has 0 unspecified atom stereocenters. The SMILES string of the molecule is COC(=O)c1cccc(NC(=O)CN(C(C)=O)c2ccc(F)c(F)c2F)c1. The Labute approximate surface area is 152 Å². The molecule has 0 aliphatic carbocycles. The smallest absolute Gasteiger partial charge is 0.337 e. The predicted octanol–water partition coefficient (Wildman–Crippen LogP) is 2.88. The Balaban J connectivity index is 2.20. The lowest BCUT2D eigenvalue weighted by Crippen LogP contribution is -2.37. The maximum Gasteiger partial charge on any atom is 0.337 e. The minimum absolute atomic E-state index is 0.186. The van der Waals surface area contributed by atoms with E-state index in [0.717, 1.165) is 13.0 Å². The molecule has 6 nitrogen and oxygen atoms in total. The quantitative estimate of drug-likeness (QED) is 0.639. The third-order valence-electron chi connectivity index (χ3n) is 3.55. The molecule has 0 aliphatic heterocycles. The molecule has 9 heteroatoms. The van der Waals surface area contributed by atoms with Crippen molar-refractivity contribution in [3.63, 3.8) is 0 Å². The van der Waals surface area contributed by atoms with Gasteiger partial charge in [-0.05, 0) is 30.3 Å². The number of anilines is 2. The van der Waals surface area contributed by atoms with Crippen molar-refractivity contribution in [2.45, 2.75) is 6.92 Å². The largest absolute Gasteiger partial charge is 0.465 e. The van der Waals surface area contributed by atoms with E-state index < -0.39 is 47.5 Å². The van der Waals surface area contributed by atoms with Crippen LogP contribution < -0.4 is 10.2 Å². The number of benzene rings is 2. The summed E-state index contributed by atoms with van der Waals surface area (Å²) in [7, 11) is 1.20. The predicted molar refractivity (Wildman–Crippen MR) is 90.8 cm³/mol. The minimum atomic E-state index is -1.75. The number of hydrogen-bond donors (Lipinski definition) is 1. The molecule has 0 fully saturated rings. The molecular weight excluding hydrogens is 365 g/mol. The van der Waals surface area contributed by atoms with Crippen LogP contribution in [0.1, 0.15) is 17.3 Å². The van der Waals surface area contributed by atoms with E-state index in [0.29, 0.717) is 11.0 Å². The minimum Gasteiger partial charge on any atom is -0.465 e. The Morgan fingerprint density at radius 2 is 1.78 bits per heavy atom. The summed E-state index contributed by atoms with van der Waals surface area (Å²) >= 11 is 0. The van der Waals surface area contributed by atoms with Gasteiger partial charge in [0.1, 0.15) is 6.54 Å². The maximum atomic E-state index is 13.9. The normalized spacial score (nSPS) is 10.3. The van der Waals surface area contributed by atoms with Gasteiger partial charge in [0, 0.05) is 12.6 Å². The molecule has 0 heterocycles. The third kappa shape index (κ3) is 4.63. The van der Waals surface area contributed by atoms with Gasteiger partial charge < -0.3 is 15.0 Å². The Bertz CT molecular complexity index is 902. The van der Waals surface area contributed by atoms with Gasteiger partial charge in [-0.2, -0.15) is 0 Å². The van der Waals surface area contributed by atoms with Crippen LogP contribution in [0.5, 0.6) is 0 Å². The Hall–Kier alpha value is -3.36. The molecule has 2 aromatic rings. The monoisotopic (exact) mass is 380 g/mol. The molecule has 0 bridgehead atoms. The first-order chi connectivity index (χ1) is 12.7. The fourth-order valence-corrected chi connectivity index (χ4v) is 2.28. The summed E-state index contributed by atoms with van der Waals surface area (Å²) in [6.07, 6.45) is 0. The standard InChI is InChI=1S/C18H15F3N2O4/c1-10(24)23(14-7-6-13(19)16(20)17(14)21)9-15(25)22-12-5-3-4-11(8-12)18(26)27-2/h3-8H,9H2,1-2H3,(H,22,25). The second-order valence-electron chi connectivity index (χ2n) is 5.42. The summed E-state index contributed by atoms with van der Waals surface area (Å²) in [5.41, 5.74) is -0.151. The zero-order valence-electron chi connectivity index (χ0n) is 14.4. The van der Waals surface area contributed by atoms with E-state index in [1.54, 1.807) is 0 Å². The van der Waals surface area contributed by atoms with Crippen molar-refractivity contribution in [2.75, 3.05) is 23.9 Å². The van der Waals surface area contributed by atoms with Crippen LogP contribution in [-0.2, 0) is 14.3 Å². The van der Waals surface area contributed by atoms with Crippen molar-refractivity contribution in [1.29, 1.82) is 0 Å². The summed E-state index contributed by atoms with van der Waals surface area (Å²) in [6, 6.07) is 7.32. The summed E-state index contributed by atoms with van der Waals surface area (Å²) in [5, 5.41) is 2.43. The van der Waals surface area contributed by atoms with Crippen molar-refractivity contribution in [3.05, 3.63) is 59.4 Å². The van der Waals surface area contributed by atoms with Crippen molar-refractivity contribution in [1.82, 2.24) is 0 Å². The first kappa shape index (κ1) is 20.0. The summed E-state index contributed by atoms with van der Waals surface area (Å²) in [5.74, 6) is -6.84. The summed E-state index contributed by atoms with van der Waals surface area (Å²) < 4.78 is 45.0. The van der Waals surface area contributed by atoms with E-state index in [-0.39, 0.29) is 11.3 Å². The van der Waals surface area contributed by atoms with Gasteiger partial charge in [-0.3, -0.25) is 9.59 Å². The van der Waals surface area contributed by atoms with Gasteiger partial charge in [0.05, 0.1) is 18.4 Å². The zero-order valence-corrected chi connectivity index (χ0v) is 14.4. The van der Waals surface area contributed by atoms with E-state index in [9.17, 15) is 27.6 Å². The van der Waals surface area contributed by atoms with E-state index >= 15 is 0 Å². The van der Waals surface area contributed by atoms with Crippen LogP contribution in [0.25, 0.3) is 0 Å². The molecule has 0 aromatic heterocycles. The van der Waals surface area contributed by atoms with Gasteiger partial charge in [-0.25, -0.2) is 18.0 Å². The van der Waals surface area contributed by atoms with Crippen LogP contribution >= 0.6 is 0 Å². The van der Waals surface area contributed by atoms with E-state index in [2.05, 4.69) is 10.1 Å². The van der Waals surface area contributed by atoms with Gasteiger partial charge >= 0.3 is 5.97 Å². The first-order valence-electron chi connectivity index (χ1n) is 7.64. The van der Waals surface area contributed by atoms with Crippen molar-refractivity contribution in [2.24, 2.45) is 0 Å². The average molecular weight is 380 g/mol. The Morgan fingerprint density at radius 1 is 1.07 bits per heavy atom. The Kier molecular flexibility index (Phi) is 6.17. The lowest BCUT2D eigenvalue weighted by Gasteiger charge is -2.21. The van der Waals surface area contributed by atoms with Crippen LogP contribution in [-0.4, -0.2) is 31.4 Å². The number of carbonyl (C=O) groups is 3. The molecule has 2 rings (SSSR count).